The van der Waals surface area contributed by atoms with Crippen LogP contribution in [-0.2, 0) is 0 Å². The van der Waals surface area contributed by atoms with Crippen LogP contribution in [-0.4, -0.2) is 23.4 Å². The van der Waals surface area contributed by atoms with Crippen LogP contribution in [0.1, 0.15) is 96.8 Å². The van der Waals surface area contributed by atoms with E-state index in [1.807, 2.05) is 0 Å². The standard InChI is InChI=1S/C19H40N2O/c1-3-4-5-6-7-8-9-10-11-12-13-14-15-16-17-21(22)19(2)18-20/h22H,2-18,20H2,1H3. The van der Waals surface area contributed by atoms with E-state index in [9.17, 15) is 5.21 Å². The molecule has 0 bridgehead atoms. The van der Waals surface area contributed by atoms with Crippen LogP contribution >= 0.6 is 0 Å². The maximum atomic E-state index is 9.56. The molecule has 0 heterocycles. The summed E-state index contributed by atoms with van der Waals surface area (Å²) < 4.78 is 0. The molecule has 0 aromatic rings. The number of hydrogen-bond acceptors (Lipinski definition) is 3. The molecule has 0 radical (unpaired) electrons. The molecule has 0 aliphatic rings. The van der Waals surface area contributed by atoms with Gasteiger partial charge in [0.15, 0.2) is 0 Å². The fourth-order valence-electron chi connectivity index (χ4n) is 2.72. The van der Waals surface area contributed by atoms with Crippen molar-refractivity contribution < 1.29 is 5.21 Å². The quantitative estimate of drug-likeness (QED) is 0.270. The fraction of sp³-hybridized carbons (Fsp3) is 0.895. The Kier molecular flexibility index (Phi) is 16.4. The third kappa shape index (κ3) is 14.4. The molecule has 3 N–H and O–H groups in total. The Morgan fingerprint density at radius 3 is 1.50 bits per heavy atom. The number of unbranched alkanes of at least 4 members (excludes halogenated alkanes) is 13. The van der Waals surface area contributed by atoms with E-state index in [0.29, 0.717) is 18.8 Å². The van der Waals surface area contributed by atoms with Gasteiger partial charge in [0.25, 0.3) is 0 Å². The molecule has 0 saturated carbocycles. The van der Waals surface area contributed by atoms with Gasteiger partial charge in [0.1, 0.15) is 0 Å². The average molecular weight is 313 g/mol. The van der Waals surface area contributed by atoms with Crippen molar-refractivity contribution in [1.29, 1.82) is 0 Å². The smallest absolute Gasteiger partial charge is 0.0472 e. The second-order valence-electron chi connectivity index (χ2n) is 6.49. The summed E-state index contributed by atoms with van der Waals surface area (Å²) in [5.41, 5.74) is 6.03. The minimum absolute atomic E-state index is 0.328. The fourth-order valence-corrected chi connectivity index (χ4v) is 2.72. The van der Waals surface area contributed by atoms with Crippen molar-refractivity contribution in [3.05, 3.63) is 12.3 Å². The van der Waals surface area contributed by atoms with Crippen LogP contribution in [0.3, 0.4) is 0 Å². The molecule has 0 spiro atoms. The average Bonchev–Trinajstić information content (AvgIpc) is 2.54. The molecule has 0 atom stereocenters. The number of nitrogens with two attached hydrogens (primary N) is 1. The summed E-state index contributed by atoms with van der Waals surface area (Å²) in [6.07, 6.45) is 18.9. The molecule has 0 rings (SSSR count). The van der Waals surface area contributed by atoms with Gasteiger partial charge in [-0.3, -0.25) is 10.3 Å². The molecule has 0 aliphatic heterocycles. The lowest BCUT2D eigenvalue weighted by molar-refractivity contribution is -0.0567. The van der Waals surface area contributed by atoms with Crippen LogP contribution in [0.25, 0.3) is 0 Å². The third-order valence-corrected chi connectivity index (χ3v) is 4.32. The van der Waals surface area contributed by atoms with Gasteiger partial charge in [-0.1, -0.05) is 97.0 Å². The lowest BCUT2D eigenvalue weighted by Crippen LogP contribution is -2.24. The van der Waals surface area contributed by atoms with Crippen LogP contribution in [0, 0.1) is 0 Å². The van der Waals surface area contributed by atoms with E-state index in [1.54, 1.807) is 0 Å². The highest BCUT2D eigenvalue weighted by Crippen LogP contribution is 2.13. The minimum atomic E-state index is 0.328. The molecule has 132 valence electrons. The first kappa shape index (κ1) is 21.5. The second kappa shape index (κ2) is 16.8. The summed E-state index contributed by atoms with van der Waals surface area (Å²) in [6.45, 7) is 6.97. The van der Waals surface area contributed by atoms with Crippen LogP contribution in [0.15, 0.2) is 12.3 Å². The van der Waals surface area contributed by atoms with Crippen molar-refractivity contribution >= 4 is 0 Å². The predicted molar refractivity (Wildman–Crippen MR) is 97.0 cm³/mol. The normalized spacial score (nSPS) is 10.9. The highest BCUT2D eigenvalue weighted by molar-refractivity contribution is 4.90. The molecule has 0 amide bonds. The first-order valence-electron chi connectivity index (χ1n) is 9.56. The molecule has 22 heavy (non-hydrogen) atoms. The lowest BCUT2D eigenvalue weighted by atomic mass is 10.0. The summed E-state index contributed by atoms with van der Waals surface area (Å²) in [4.78, 5) is 0. The molecule has 0 saturated heterocycles. The zero-order valence-electron chi connectivity index (χ0n) is 15.0. The zero-order chi connectivity index (χ0) is 16.5. The summed E-state index contributed by atoms with van der Waals surface area (Å²) >= 11 is 0. The van der Waals surface area contributed by atoms with Crippen molar-refractivity contribution in [2.75, 3.05) is 13.1 Å². The van der Waals surface area contributed by atoms with E-state index in [1.165, 1.54) is 88.5 Å². The van der Waals surface area contributed by atoms with E-state index in [-0.39, 0.29) is 0 Å². The van der Waals surface area contributed by atoms with Crippen molar-refractivity contribution in [2.45, 2.75) is 96.8 Å². The molecular weight excluding hydrogens is 272 g/mol. The van der Waals surface area contributed by atoms with Gasteiger partial charge in [-0.25, -0.2) is 0 Å². The maximum absolute atomic E-state index is 9.56. The number of hydroxylamine groups is 2. The number of nitrogens with zero attached hydrogens (tertiary/aromatic N) is 1. The Hall–Kier alpha value is -0.540. The second-order valence-corrected chi connectivity index (χ2v) is 6.49. The largest absolute Gasteiger partial charge is 0.325 e. The van der Waals surface area contributed by atoms with Gasteiger partial charge >= 0.3 is 0 Å². The number of rotatable bonds is 17. The maximum Gasteiger partial charge on any atom is 0.0472 e. The van der Waals surface area contributed by atoms with Crippen LogP contribution in [0.5, 0.6) is 0 Å². The van der Waals surface area contributed by atoms with Gasteiger partial charge in [0, 0.05) is 18.8 Å². The van der Waals surface area contributed by atoms with Crippen LogP contribution in [0.4, 0.5) is 0 Å². The van der Waals surface area contributed by atoms with E-state index in [2.05, 4.69) is 13.5 Å². The van der Waals surface area contributed by atoms with E-state index >= 15 is 0 Å². The Morgan fingerprint density at radius 2 is 1.14 bits per heavy atom. The summed E-state index contributed by atoms with van der Waals surface area (Å²) in [6, 6.07) is 0. The monoisotopic (exact) mass is 312 g/mol. The van der Waals surface area contributed by atoms with Gasteiger partial charge in [-0.05, 0) is 6.42 Å². The molecule has 0 aromatic carbocycles. The molecular formula is C19H40N2O. The molecule has 3 nitrogen and oxygen atoms in total. The molecule has 0 aromatic heterocycles. The third-order valence-electron chi connectivity index (χ3n) is 4.32. The van der Waals surface area contributed by atoms with E-state index in [4.69, 9.17) is 5.73 Å². The lowest BCUT2D eigenvalue weighted by Gasteiger charge is -2.17. The van der Waals surface area contributed by atoms with Crippen LogP contribution < -0.4 is 5.73 Å². The van der Waals surface area contributed by atoms with E-state index < -0.39 is 0 Å². The summed E-state index contributed by atoms with van der Waals surface area (Å²) in [5, 5.41) is 10.8. The van der Waals surface area contributed by atoms with Gasteiger partial charge in [-0.15, -0.1) is 0 Å². The Balaban J connectivity index is 3.10. The topological polar surface area (TPSA) is 49.5 Å². The minimum Gasteiger partial charge on any atom is -0.325 e. The Labute approximate surface area is 138 Å². The van der Waals surface area contributed by atoms with E-state index in [0.717, 1.165) is 6.42 Å². The zero-order valence-corrected chi connectivity index (χ0v) is 15.0. The van der Waals surface area contributed by atoms with Crippen molar-refractivity contribution in [1.82, 2.24) is 5.06 Å². The SMILES string of the molecule is C=C(CN)N(O)CCCCCCCCCCCCCCCC. The van der Waals surface area contributed by atoms with Crippen LogP contribution in [0.2, 0.25) is 0 Å². The first-order chi connectivity index (χ1) is 10.7. The molecule has 0 aliphatic carbocycles. The van der Waals surface area contributed by atoms with Gasteiger partial charge < -0.3 is 5.73 Å². The Bertz CT molecular complexity index is 244. The van der Waals surface area contributed by atoms with Gasteiger partial charge in [0.05, 0.1) is 0 Å². The van der Waals surface area contributed by atoms with Gasteiger partial charge in [0.2, 0.25) is 0 Å². The molecule has 0 unspecified atom stereocenters. The predicted octanol–water partition coefficient (Wildman–Crippen LogP) is 5.63. The Morgan fingerprint density at radius 1 is 0.773 bits per heavy atom. The highest BCUT2D eigenvalue weighted by Gasteiger charge is 2.01. The number of hydrogen-bond donors (Lipinski definition) is 2. The highest BCUT2D eigenvalue weighted by atomic mass is 16.5. The van der Waals surface area contributed by atoms with Crippen molar-refractivity contribution in [3.8, 4) is 0 Å². The van der Waals surface area contributed by atoms with Gasteiger partial charge in [-0.2, -0.15) is 0 Å². The molecule has 3 heteroatoms. The van der Waals surface area contributed by atoms with Crippen molar-refractivity contribution in [2.24, 2.45) is 5.73 Å². The molecule has 0 fully saturated rings. The first-order valence-corrected chi connectivity index (χ1v) is 9.56. The van der Waals surface area contributed by atoms with Crippen molar-refractivity contribution in [3.63, 3.8) is 0 Å². The summed E-state index contributed by atoms with van der Waals surface area (Å²) in [5.74, 6) is 0. The summed E-state index contributed by atoms with van der Waals surface area (Å²) in [7, 11) is 0.